The maximum absolute atomic E-state index is 11.4. The van der Waals surface area contributed by atoms with Crippen molar-refractivity contribution < 1.29 is 23.3 Å². The number of carbonyl (C=O) groups excluding carboxylic acids is 2. The molecule has 0 bridgehead atoms. The largest absolute Gasteiger partial charge is 0.464 e. The molecule has 0 saturated carbocycles. The summed E-state index contributed by atoms with van der Waals surface area (Å²) in [6, 6.07) is -0.809. The molecule has 7 heteroatoms. The average molecular weight is 251 g/mol. The van der Waals surface area contributed by atoms with Crippen molar-refractivity contribution in [2.24, 2.45) is 0 Å². The van der Waals surface area contributed by atoms with Gasteiger partial charge in [-0.05, 0) is 13.3 Å². The molecule has 0 rings (SSSR count). The predicted molar refractivity (Wildman–Crippen MR) is 59.5 cm³/mol. The van der Waals surface area contributed by atoms with Crippen molar-refractivity contribution >= 4 is 22.9 Å². The maximum Gasteiger partial charge on any atom is 0.407 e. The third-order valence-corrected chi connectivity index (χ3v) is 2.55. The second kappa shape index (κ2) is 8.09. The number of hydrogen-bond acceptors (Lipinski definition) is 5. The van der Waals surface area contributed by atoms with Crippen molar-refractivity contribution in [3.05, 3.63) is 0 Å². The third-order valence-electron chi connectivity index (χ3n) is 1.74. The molecule has 0 saturated heterocycles. The van der Waals surface area contributed by atoms with E-state index >= 15 is 0 Å². The quantitative estimate of drug-likeness (QED) is 0.674. The van der Waals surface area contributed by atoms with Gasteiger partial charge < -0.3 is 14.8 Å². The van der Waals surface area contributed by atoms with E-state index in [2.05, 4.69) is 10.1 Å². The Bertz CT molecular complexity index is 269. The minimum Gasteiger partial charge on any atom is -0.464 e. The van der Waals surface area contributed by atoms with E-state index in [0.29, 0.717) is 5.75 Å². The Kier molecular flexibility index (Phi) is 7.53. The molecule has 0 aromatic heterocycles. The number of esters is 1. The molecule has 94 valence electrons. The van der Waals surface area contributed by atoms with Gasteiger partial charge >= 0.3 is 12.1 Å². The third kappa shape index (κ3) is 6.39. The Labute approximate surface area is 97.1 Å². The van der Waals surface area contributed by atoms with Crippen molar-refractivity contribution in [1.29, 1.82) is 0 Å². The second-order valence-electron chi connectivity index (χ2n) is 3.01. The van der Waals surface area contributed by atoms with Crippen molar-refractivity contribution in [1.82, 2.24) is 5.32 Å². The van der Waals surface area contributed by atoms with Gasteiger partial charge in [0.15, 0.2) is 0 Å². The second-order valence-corrected chi connectivity index (χ2v) is 4.56. The van der Waals surface area contributed by atoms with Gasteiger partial charge in [-0.2, -0.15) is 0 Å². The summed E-state index contributed by atoms with van der Waals surface area (Å²) in [5.41, 5.74) is 0. The lowest BCUT2D eigenvalue weighted by Crippen LogP contribution is -2.42. The molecule has 0 spiro atoms. The van der Waals surface area contributed by atoms with Crippen LogP contribution in [0.4, 0.5) is 4.79 Å². The van der Waals surface area contributed by atoms with E-state index in [-0.39, 0.29) is 13.0 Å². The molecular formula is C9H17NO5S. The number of methoxy groups -OCH3 is 1. The summed E-state index contributed by atoms with van der Waals surface area (Å²) < 4.78 is 20.1. The molecule has 0 aromatic rings. The van der Waals surface area contributed by atoms with Gasteiger partial charge in [-0.3, -0.25) is 4.21 Å². The van der Waals surface area contributed by atoms with Crippen LogP contribution in [0.15, 0.2) is 0 Å². The highest BCUT2D eigenvalue weighted by Crippen LogP contribution is 1.98. The van der Waals surface area contributed by atoms with Crippen LogP contribution in [0, 0.1) is 0 Å². The molecule has 1 amide bonds. The van der Waals surface area contributed by atoms with Crippen LogP contribution >= 0.6 is 0 Å². The number of amides is 1. The molecule has 0 heterocycles. The number of ether oxygens (including phenoxy) is 2. The Morgan fingerprint density at radius 2 is 2.06 bits per heavy atom. The zero-order valence-corrected chi connectivity index (χ0v) is 10.5. The van der Waals surface area contributed by atoms with Gasteiger partial charge in [-0.1, -0.05) is 0 Å². The van der Waals surface area contributed by atoms with E-state index in [9.17, 15) is 13.8 Å². The monoisotopic (exact) mass is 251 g/mol. The highest BCUT2D eigenvalue weighted by Gasteiger charge is 2.22. The molecule has 6 nitrogen and oxygen atoms in total. The van der Waals surface area contributed by atoms with E-state index in [4.69, 9.17) is 4.74 Å². The van der Waals surface area contributed by atoms with Crippen molar-refractivity contribution in [3.8, 4) is 0 Å². The molecule has 16 heavy (non-hydrogen) atoms. The van der Waals surface area contributed by atoms with Crippen LogP contribution in [-0.2, 0) is 25.1 Å². The highest BCUT2D eigenvalue weighted by atomic mass is 32.2. The number of alkyl carbamates (subject to hydrolysis) is 1. The molecule has 1 N–H and O–H groups in total. The molecular weight excluding hydrogens is 234 g/mol. The van der Waals surface area contributed by atoms with Gasteiger partial charge in [0.2, 0.25) is 0 Å². The summed E-state index contributed by atoms with van der Waals surface area (Å²) in [5.74, 6) is -0.230. The fraction of sp³-hybridized carbons (Fsp3) is 0.778. The van der Waals surface area contributed by atoms with E-state index in [1.165, 1.54) is 13.4 Å². The van der Waals surface area contributed by atoms with Crippen molar-refractivity contribution in [3.63, 3.8) is 0 Å². The van der Waals surface area contributed by atoms with Crippen LogP contribution in [0.2, 0.25) is 0 Å². The van der Waals surface area contributed by atoms with Crippen LogP contribution in [0.5, 0.6) is 0 Å². The summed E-state index contributed by atoms with van der Waals surface area (Å²) in [7, 11) is 0.181. The molecule has 1 unspecified atom stereocenters. The van der Waals surface area contributed by atoms with Gasteiger partial charge in [0.05, 0.1) is 13.7 Å². The van der Waals surface area contributed by atoms with E-state index in [1.807, 2.05) is 0 Å². The molecule has 0 aliphatic heterocycles. The Hall–Kier alpha value is -1.11. The lowest BCUT2D eigenvalue weighted by Gasteiger charge is -2.15. The molecule has 0 radical (unpaired) electrons. The first kappa shape index (κ1) is 14.9. The lowest BCUT2D eigenvalue weighted by atomic mass is 10.2. The van der Waals surface area contributed by atoms with Crippen LogP contribution < -0.4 is 5.32 Å². The van der Waals surface area contributed by atoms with Gasteiger partial charge in [-0.15, -0.1) is 0 Å². The number of carbonyl (C=O) groups is 2. The van der Waals surface area contributed by atoms with Gasteiger partial charge in [0.25, 0.3) is 0 Å². The van der Waals surface area contributed by atoms with Crippen molar-refractivity contribution in [2.75, 3.05) is 25.7 Å². The first-order valence-electron chi connectivity index (χ1n) is 4.82. The highest BCUT2D eigenvalue weighted by molar-refractivity contribution is 7.84. The fourth-order valence-corrected chi connectivity index (χ4v) is 1.54. The summed E-state index contributed by atoms with van der Waals surface area (Å²) in [4.78, 5) is 22.4. The van der Waals surface area contributed by atoms with E-state index in [0.717, 1.165) is 0 Å². The van der Waals surface area contributed by atoms with E-state index in [1.54, 1.807) is 6.92 Å². The Morgan fingerprint density at radius 3 is 2.50 bits per heavy atom. The summed E-state index contributed by atoms with van der Waals surface area (Å²) in [6.07, 6.45) is 1.08. The lowest BCUT2D eigenvalue weighted by molar-refractivity contribution is -0.145. The summed E-state index contributed by atoms with van der Waals surface area (Å²) in [6.45, 7) is 1.90. The SMILES string of the molecule is CCOC(=O)[C@H](CCS(C)=O)NC(=O)OC. The van der Waals surface area contributed by atoms with Gasteiger partial charge in [0, 0.05) is 22.8 Å². The van der Waals surface area contributed by atoms with Gasteiger partial charge in [0.1, 0.15) is 6.04 Å². The van der Waals surface area contributed by atoms with E-state index < -0.39 is 28.9 Å². The molecule has 0 aliphatic carbocycles. The zero-order chi connectivity index (χ0) is 12.6. The zero-order valence-electron chi connectivity index (χ0n) is 9.65. The molecule has 0 aromatic carbocycles. The Balaban J connectivity index is 4.31. The smallest absolute Gasteiger partial charge is 0.407 e. The first-order chi connectivity index (χ1) is 7.51. The maximum atomic E-state index is 11.4. The van der Waals surface area contributed by atoms with Crippen LogP contribution in [0.3, 0.4) is 0 Å². The number of nitrogens with one attached hydrogen (secondary N) is 1. The predicted octanol–water partition coefficient (Wildman–Crippen LogP) is 0.0427. The van der Waals surface area contributed by atoms with Crippen LogP contribution in [0.1, 0.15) is 13.3 Å². The molecule has 2 atom stereocenters. The number of rotatable bonds is 6. The first-order valence-corrected chi connectivity index (χ1v) is 6.55. The minimum atomic E-state index is -1.02. The standard InChI is InChI=1S/C9H17NO5S/c1-4-15-8(11)7(5-6-16(3)13)10-9(12)14-2/h7H,4-6H2,1-3H3,(H,10,12)/t7-,16?/m0/s1. The summed E-state index contributed by atoms with van der Waals surface area (Å²) in [5, 5.41) is 2.34. The topological polar surface area (TPSA) is 81.7 Å². The van der Waals surface area contributed by atoms with Crippen molar-refractivity contribution in [2.45, 2.75) is 19.4 Å². The van der Waals surface area contributed by atoms with Crippen LogP contribution in [0.25, 0.3) is 0 Å². The minimum absolute atomic E-state index is 0.230. The number of hydrogen-bond donors (Lipinski definition) is 1. The van der Waals surface area contributed by atoms with Crippen LogP contribution in [-0.4, -0.2) is 48.0 Å². The normalized spacial score (nSPS) is 13.7. The molecule has 0 aliphatic rings. The average Bonchev–Trinajstić information content (AvgIpc) is 2.23. The molecule has 0 fully saturated rings. The van der Waals surface area contributed by atoms with Gasteiger partial charge in [-0.25, -0.2) is 9.59 Å². The summed E-state index contributed by atoms with van der Waals surface area (Å²) >= 11 is 0. The fourth-order valence-electron chi connectivity index (χ4n) is 0.977. The Morgan fingerprint density at radius 1 is 1.44 bits per heavy atom.